The molecule has 1 N–H and O–H groups in total. The van der Waals surface area contributed by atoms with E-state index < -0.39 is 0 Å². The van der Waals surface area contributed by atoms with Gasteiger partial charge in [0.15, 0.2) is 5.75 Å². The van der Waals surface area contributed by atoms with Gasteiger partial charge in [0, 0.05) is 18.3 Å². The second-order valence-corrected chi connectivity index (χ2v) is 8.30. The second-order valence-electron chi connectivity index (χ2n) is 6.58. The van der Waals surface area contributed by atoms with Crippen molar-refractivity contribution in [3.8, 4) is 11.4 Å². The van der Waals surface area contributed by atoms with Crippen molar-refractivity contribution < 1.29 is 14.4 Å². The summed E-state index contributed by atoms with van der Waals surface area (Å²) in [6, 6.07) is 14.2. The maximum Gasteiger partial charge on any atom is 0.297 e. The molecule has 0 saturated carbocycles. The Kier molecular flexibility index (Phi) is 5.87. The van der Waals surface area contributed by atoms with E-state index in [9.17, 15) is 9.59 Å². The molecule has 30 heavy (non-hydrogen) atoms. The van der Waals surface area contributed by atoms with E-state index >= 15 is 0 Å². The number of benzene rings is 1. The quantitative estimate of drug-likeness (QED) is 0.632. The number of amides is 1. The van der Waals surface area contributed by atoms with Crippen molar-refractivity contribution in [1.82, 2.24) is 9.88 Å². The van der Waals surface area contributed by atoms with Crippen molar-refractivity contribution in [3.63, 3.8) is 0 Å². The number of rotatable bonds is 6. The van der Waals surface area contributed by atoms with Crippen molar-refractivity contribution in [2.24, 2.45) is 5.16 Å². The fourth-order valence-corrected chi connectivity index (χ4v) is 4.05. The van der Waals surface area contributed by atoms with Gasteiger partial charge in [-0.2, -0.15) is 0 Å². The van der Waals surface area contributed by atoms with E-state index in [-0.39, 0.29) is 23.3 Å². The number of carbonyl (C=O) groups excluding carboxylic acids is 1. The number of hydrogen-bond donors (Lipinski definition) is 1. The molecule has 1 atom stereocenters. The smallest absolute Gasteiger partial charge is 0.297 e. The topological polar surface area (TPSA) is 81.9 Å². The highest BCUT2D eigenvalue weighted by Gasteiger charge is 2.23. The van der Waals surface area contributed by atoms with Crippen molar-refractivity contribution >= 4 is 34.6 Å². The molecule has 0 spiro atoms. The van der Waals surface area contributed by atoms with Gasteiger partial charge in [-0.3, -0.25) is 14.2 Å². The molecule has 1 unspecified atom stereocenters. The number of methoxy groups -OCH3 is 1. The summed E-state index contributed by atoms with van der Waals surface area (Å²) in [4.78, 5) is 30.5. The van der Waals surface area contributed by atoms with Gasteiger partial charge in [0.2, 0.25) is 0 Å². The van der Waals surface area contributed by atoms with E-state index in [1.54, 1.807) is 30.5 Å². The van der Waals surface area contributed by atoms with Gasteiger partial charge in [0.25, 0.3) is 11.5 Å². The highest BCUT2D eigenvalue weighted by molar-refractivity contribution is 7.17. The molecule has 4 rings (SSSR count). The number of hydrogen-bond acceptors (Lipinski definition) is 6. The van der Waals surface area contributed by atoms with Crippen LogP contribution in [0.2, 0.25) is 4.34 Å². The van der Waals surface area contributed by atoms with Crippen LogP contribution in [0.15, 0.2) is 64.7 Å². The van der Waals surface area contributed by atoms with E-state index in [2.05, 4.69) is 10.5 Å². The highest BCUT2D eigenvalue weighted by Crippen LogP contribution is 2.22. The molecule has 0 aliphatic carbocycles. The number of carbonyl (C=O) groups is 1. The lowest BCUT2D eigenvalue weighted by atomic mass is 10.0. The number of thiophene rings is 1. The van der Waals surface area contributed by atoms with Crippen LogP contribution in [0.3, 0.4) is 0 Å². The number of pyridine rings is 1. The van der Waals surface area contributed by atoms with Gasteiger partial charge in [0.1, 0.15) is 6.10 Å². The van der Waals surface area contributed by atoms with Crippen LogP contribution in [0.4, 0.5) is 0 Å². The van der Waals surface area contributed by atoms with Crippen LogP contribution >= 0.6 is 22.9 Å². The third kappa shape index (κ3) is 4.24. The van der Waals surface area contributed by atoms with Crippen LogP contribution in [0.5, 0.6) is 5.75 Å². The van der Waals surface area contributed by atoms with Gasteiger partial charge in [0.05, 0.1) is 28.6 Å². The summed E-state index contributed by atoms with van der Waals surface area (Å²) >= 11 is 7.09. The largest absolute Gasteiger partial charge is 0.491 e. The molecule has 3 aromatic rings. The van der Waals surface area contributed by atoms with Crippen LogP contribution in [0, 0.1) is 0 Å². The SMILES string of the molecule is COc1cccn(-c2ccc(C3=NOC(CNC(=O)c4ccc(Cl)s4)C3)cc2)c1=O. The Labute approximate surface area is 181 Å². The number of nitrogens with one attached hydrogen (secondary N) is 1. The molecule has 1 amide bonds. The number of oxime groups is 1. The van der Waals surface area contributed by atoms with Crippen molar-refractivity contribution in [2.75, 3.05) is 13.7 Å². The lowest BCUT2D eigenvalue weighted by molar-refractivity contribution is 0.0755. The van der Waals surface area contributed by atoms with E-state index in [1.165, 1.54) is 23.0 Å². The Morgan fingerprint density at radius 1 is 1.30 bits per heavy atom. The van der Waals surface area contributed by atoms with E-state index in [0.717, 1.165) is 17.0 Å². The van der Waals surface area contributed by atoms with Gasteiger partial charge < -0.3 is 14.9 Å². The third-order valence-corrected chi connectivity index (χ3v) is 5.86. The molecule has 7 nitrogen and oxygen atoms in total. The summed E-state index contributed by atoms with van der Waals surface area (Å²) in [5.74, 6) is 0.0990. The monoisotopic (exact) mass is 443 g/mol. The molecule has 0 fully saturated rings. The van der Waals surface area contributed by atoms with E-state index in [0.29, 0.717) is 22.2 Å². The maximum absolute atomic E-state index is 12.4. The standard InChI is InChI=1S/C21H18ClN3O4S/c1-28-17-3-2-10-25(21(17)27)14-6-4-13(5-7-14)16-11-15(29-24-16)12-23-20(26)18-8-9-19(22)30-18/h2-10,15H,11-12H2,1H3,(H,23,26). The molecule has 154 valence electrons. The minimum Gasteiger partial charge on any atom is -0.491 e. The predicted molar refractivity (Wildman–Crippen MR) is 116 cm³/mol. The zero-order valence-corrected chi connectivity index (χ0v) is 17.6. The Bertz CT molecular complexity index is 1150. The van der Waals surface area contributed by atoms with E-state index in [1.807, 2.05) is 24.3 Å². The second kappa shape index (κ2) is 8.73. The minimum absolute atomic E-state index is 0.183. The van der Waals surface area contributed by atoms with Crippen LogP contribution < -0.4 is 15.6 Å². The molecule has 1 aliphatic heterocycles. The van der Waals surface area contributed by atoms with Gasteiger partial charge in [-0.15, -0.1) is 11.3 Å². The molecule has 1 aromatic carbocycles. The summed E-state index contributed by atoms with van der Waals surface area (Å²) in [5, 5.41) is 6.99. The van der Waals surface area contributed by atoms with Gasteiger partial charge in [-0.1, -0.05) is 28.9 Å². The highest BCUT2D eigenvalue weighted by atomic mass is 35.5. The Hall–Kier alpha value is -3.10. The maximum atomic E-state index is 12.4. The lowest BCUT2D eigenvalue weighted by Crippen LogP contribution is -2.31. The Morgan fingerprint density at radius 3 is 2.80 bits per heavy atom. The number of nitrogens with zero attached hydrogens (tertiary/aromatic N) is 2. The summed E-state index contributed by atoms with van der Waals surface area (Å²) < 4.78 is 7.18. The molecule has 9 heteroatoms. The molecule has 0 bridgehead atoms. The van der Waals surface area contributed by atoms with Crippen molar-refractivity contribution in [3.05, 3.63) is 79.9 Å². The van der Waals surface area contributed by atoms with Gasteiger partial charge >= 0.3 is 0 Å². The molecular formula is C21H18ClN3O4S. The average Bonchev–Trinajstić information content (AvgIpc) is 3.42. The number of halogens is 1. The van der Waals surface area contributed by atoms with Gasteiger partial charge in [-0.05, 0) is 42.0 Å². The fourth-order valence-electron chi connectivity index (χ4n) is 3.09. The van der Waals surface area contributed by atoms with Crippen molar-refractivity contribution in [2.45, 2.75) is 12.5 Å². The first kappa shape index (κ1) is 20.2. The predicted octanol–water partition coefficient (Wildman–Crippen LogP) is 3.48. The van der Waals surface area contributed by atoms with Crippen LogP contribution in [-0.2, 0) is 4.84 Å². The third-order valence-electron chi connectivity index (χ3n) is 4.63. The summed E-state index contributed by atoms with van der Waals surface area (Å²) in [6.07, 6.45) is 2.03. The molecule has 0 radical (unpaired) electrons. The normalized spacial score (nSPS) is 15.4. The average molecular weight is 444 g/mol. The minimum atomic E-state index is -0.236. The number of ether oxygens (including phenoxy) is 1. The van der Waals surface area contributed by atoms with Gasteiger partial charge in [-0.25, -0.2) is 0 Å². The summed E-state index contributed by atoms with van der Waals surface area (Å²) in [7, 11) is 1.47. The molecule has 2 aromatic heterocycles. The summed E-state index contributed by atoms with van der Waals surface area (Å²) in [6.45, 7) is 0.346. The summed E-state index contributed by atoms with van der Waals surface area (Å²) in [5.41, 5.74) is 2.18. The molecule has 3 heterocycles. The van der Waals surface area contributed by atoms with Crippen LogP contribution in [-0.4, -0.2) is 35.9 Å². The Balaban J connectivity index is 1.38. The fraction of sp³-hybridized carbons (Fsp3) is 0.190. The molecule has 0 saturated heterocycles. The Morgan fingerprint density at radius 2 is 2.10 bits per heavy atom. The molecular weight excluding hydrogens is 426 g/mol. The zero-order valence-electron chi connectivity index (χ0n) is 16.0. The lowest BCUT2D eigenvalue weighted by Gasteiger charge is -2.09. The molecule has 1 aliphatic rings. The zero-order chi connectivity index (χ0) is 21.1. The van der Waals surface area contributed by atoms with Crippen LogP contribution in [0.1, 0.15) is 21.7 Å². The van der Waals surface area contributed by atoms with Crippen LogP contribution in [0.25, 0.3) is 5.69 Å². The van der Waals surface area contributed by atoms with Crippen molar-refractivity contribution in [1.29, 1.82) is 0 Å². The number of aromatic nitrogens is 1. The first-order valence-corrected chi connectivity index (χ1v) is 10.4. The first-order chi connectivity index (χ1) is 14.5. The van der Waals surface area contributed by atoms with E-state index in [4.69, 9.17) is 21.2 Å². The first-order valence-electron chi connectivity index (χ1n) is 9.18.